The van der Waals surface area contributed by atoms with Gasteiger partial charge in [0.1, 0.15) is 17.6 Å². The minimum absolute atomic E-state index is 0.0429. The van der Waals surface area contributed by atoms with Crippen LogP contribution in [0.3, 0.4) is 0 Å². The van der Waals surface area contributed by atoms with Crippen LogP contribution in [0.4, 0.5) is 0 Å². The van der Waals surface area contributed by atoms with Crippen molar-refractivity contribution in [1.82, 2.24) is 0 Å². The van der Waals surface area contributed by atoms with E-state index in [1.54, 1.807) is 19.1 Å². The lowest BCUT2D eigenvalue weighted by molar-refractivity contribution is -0.332. The van der Waals surface area contributed by atoms with Gasteiger partial charge in [0.25, 0.3) is 0 Å². The Balaban J connectivity index is 1.52. The normalized spacial score (nSPS) is 47.7. The van der Waals surface area contributed by atoms with Gasteiger partial charge in [-0.2, -0.15) is 0 Å². The third-order valence-corrected chi connectivity index (χ3v) is 9.11. The summed E-state index contributed by atoms with van der Waals surface area (Å²) in [4.78, 5) is 26.7. The van der Waals surface area contributed by atoms with E-state index >= 15 is 0 Å². The van der Waals surface area contributed by atoms with Crippen LogP contribution in [-0.2, 0) is 28.5 Å². The van der Waals surface area contributed by atoms with Crippen molar-refractivity contribution in [1.29, 1.82) is 0 Å². The molecule has 7 nitrogen and oxygen atoms in total. The summed E-state index contributed by atoms with van der Waals surface area (Å²) in [7, 11) is 0. The quantitative estimate of drug-likeness (QED) is 0.360. The molecule has 4 heterocycles. The number of esters is 1. The van der Waals surface area contributed by atoms with Crippen LogP contribution in [0.15, 0.2) is 47.1 Å². The van der Waals surface area contributed by atoms with Crippen molar-refractivity contribution in [3.8, 4) is 0 Å². The molecule has 0 unspecified atom stereocenters. The van der Waals surface area contributed by atoms with Gasteiger partial charge in [0, 0.05) is 19.3 Å². The molecule has 2 bridgehead atoms. The van der Waals surface area contributed by atoms with E-state index in [9.17, 15) is 14.7 Å². The highest BCUT2D eigenvalue weighted by Crippen LogP contribution is 2.46. The maximum absolute atomic E-state index is 13.8. The molecule has 0 radical (unpaired) electrons. The molecule has 0 aromatic rings. The maximum Gasteiger partial charge on any atom is 0.316 e. The van der Waals surface area contributed by atoms with Gasteiger partial charge in [0.05, 0.1) is 18.8 Å². The van der Waals surface area contributed by atoms with Gasteiger partial charge in [-0.3, -0.25) is 9.59 Å². The molecule has 5 rings (SSSR count). The molecule has 38 heavy (non-hydrogen) atoms. The number of Topliss-reactive ketones (excluding diaryl/α,β-unsaturated/α-hetero) is 1. The Morgan fingerprint density at radius 2 is 1.87 bits per heavy atom. The average Bonchev–Trinajstić information content (AvgIpc) is 3.19. The lowest BCUT2D eigenvalue weighted by atomic mass is 9.71. The van der Waals surface area contributed by atoms with Gasteiger partial charge in [-0.05, 0) is 63.0 Å². The SMILES string of the molecule is CC1=C[C@H]2C(=O)O[C@H]3C[C@@H](C/C=C(\C)C[C@@H](C)/C=C/C=C4\CO[C@H](C1=O)[C@@]42O)O[C@@]1(CC[C@@H](C)[C@@H](C)O1)C3. The Labute approximate surface area is 225 Å². The molecule has 0 amide bonds. The third-order valence-electron chi connectivity index (χ3n) is 9.11. The smallest absolute Gasteiger partial charge is 0.316 e. The van der Waals surface area contributed by atoms with Crippen LogP contribution in [0, 0.1) is 17.8 Å². The van der Waals surface area contributed by atoms with Gasteiger partial charge in [0.2, 0.25) is 0 Å². The van der Waals surface area contributed by atoms with E-state index in [-0.39, 0.29) is 30.5 Å². The van der Waals surface area contributed by atoms with E-state index in [0.29, 0.717) is 36.3 Å². The Bertz CT molecular complexity index is 1090. The van der Waals surface area contributed by atoms with E-state index in [2.05, 4.69) is 39.8 Å². The van der Waals surface area contributed by atoms with Crippen molar-refractivity contribution in [3.63, 3.8) is 0 Å². The first-order chi connectivity index (χ1) is 18.0. The summed E-state index contributed by atoms with van der Waals surface area (Å²) in [6.45, 7) is 10.3. The van der Waals surface area contributed by atoms with Gasteiger partial charge < -0.3 is 24.1 Å². The van der Waals surface area contributed by atoms with Crippen LogP contribution in [0.1, 0.15) is 73.1 Å². The summed E-state index contributed by atoms with van der Waals surface area (Å²) in [5, 5.41) is 11.9. The summed E-state index contributed by atoms with van der Waals surface area (Å²) in [5.41, 5.74) is 0.416. The molecule has 1 N–H and O–H groups in total. The molecule has 9 atom stereocenters. The van der Waals surface area contributed by atoms with Gasteiger partial charge in [-0.25, -0.2) is 0 Å². The minimum Gasteiger partial charge on any atom is -0.462 e. The topological polar surface area (TPSA) is 91.3 Å². The highest BCUT2D eigenvalue weighted by atomic mass is 16.7. The molecule has 208 valence electrons. The van der Waals surface area contributed by atoms with Gasteiger partial charge in [-0.15, -0.1) is 0 Å². The summed E-state index contributed by atoms with van der Waals surface area (Å²) in [6, 6.07) is 0. The summed E-state index contributed by atoms with van der Waals surface area (Å²) in [5.74, 6) is -1.97. The molecule has 7 heteroatoms. The maximum atomic E-state index is 13.8. The number of ketones is 1. The number of hydrogen-bond donors (Lipinski definition) is 1. The Morgan fingerprint density at radius 3 is 2.63 bits per heavy atom. The number of aliphatic hydroxyl groups is 1. The highest BCUT2D eigenvalue weighted by Gasteiger charge is 2.60. The predicted molar refractivity (Wildman–Crippen MR) is 142 cm³/mol. The molecule has 0 aromatic carbocycles. The minimum atomic E-state index is -1.78. The number of carbonyl (C=O) groups excluding carboxylic acids is 2. The molecule has 0 aromatic heterocycles. The molecule has 3 saturated heterocycles. The third kappa shape index (κ3) is 5.10. The van der Waals surface area contributed by atoms with Crippen molar-refractivity contribution in [3.05, 3.63) is 47.1 Å². The molecule has 1 spiro atoms. The van der Waals surface area contributed by atoms with Crippen LogP contribution in [-0.4, -0.2) is 59.3 Å². The van der Waals surface area contributed by atoms with Gasteiger partial charge in [-0.1, -0.05) is 49.8 Å². The number of rotatable bonds is 0. The number of ether oxygens (including phenoxy) is 4. The second kappa shape index (κ2) is 10.5. The van der Waals surface area contributed by atoms with E-state index in [1.165, 1.54) is 5.57 Å². The fourth-order valence-electron chi connectivity index (χ4n) is 6.70. The van der Waals surface area contributed by atoms with E-state index in [1.807, 2.05) is 6.08 Å². The number of fused-ring (bicyclic) bond motifs is 2. The summed E-state index contributed by atoms with van der Waals surface area (Å²) >= 11 is 0. The molecule has 1 aliphatic carbocycles. The molecular formula is C31H42O7. The highest BCUT2D eigenvalue weighted by molar-refractivity contribution is 6.03. The monoisotopic (exact) mass is 526 g/mol. The standard InChI is InChI=1S/C31H42O7/c1-18-7-6-8-23-17-35-28-27(32)21(4)14-26(31(23,28)34)29(33)36-25-15-24(10-9-19(2)13-18)38-30(16-25)12-11-20(3)22(5)37-30/h6-9,14,18,20,22,24-26,28,34H,10-13,15-17H2,1-5H3/b7-6+,19-9+,23-8+/t18-,20+,22+,24+,25-,26-,28+,30-,31+/m0/s1. The van der Waals surface area contributed by atoms with Crippen molar-refractivity contribution >= 4 is 11.8 Å². The molecule has 0 saturated carbocycles. The lowest BCUT2D eigenvalue weighted by Gasteiger charge is -2.49. The summed E-state index contributed by atoms with van der Waals surface area (Å²) < 4.78 is 25.0. The van der Waals surface area contributed by atoms with Gasteiger partial charge >= 0.3 is 5.97 Å². The van der Waals surface area contributed by atoms with Crippen molar-refractivity contribution in [2.75, 3.05) is 6.61 Å². The molecule has 4 aliphatic heterocycles. The molecular weight excluding hydrogens is 484 g/mol. The number of carbonyl (C=O) groups is 2. The average molecular weight is 527 g/mol. The summed E-state index contributed by atoms with van der Waals surface area (Å²) in [6.07, 6.45) is 12.2. The Morgan fingerprint density at radius 1 is 1.08 bits per heavy atom. The first-order valence-electron chi connectivity index (χ1n) is 14.2. The van der Waals surface area contributed by atoms with Crippen molar-refractivity contribution in [2.24, 2.45) is 17.8 Å². The van der Waals surface area contributed by atoms with Crippen LogP contribution in [0.2, 0.25) is 0 Å². The fraction of sp³-hybridized carbons (Fsp3) is 0.677. The molecule has 3 fully saturated rings. The van der Waals surface area contributed by atoms with Crippen LogP contribution in [0.25, 0.3) is 0 Å². The van der Waals surface area contributed by atoms with Crippen LogP contribution >= 0.6 is 0 Å². The second-order valence-corrected chi connectivity index (χ2v) is 12.2. The zero-order valence-corrected chi connectivity index (χ0v) is 23.3. The Hall–Kier alpha value is -2.06. The fourth-order valence-corrected chi connectivity index (χ4v) is 6.70. The predicted octanol–water partition coefficient (Wildman–Crippen LogP) is 4.74. The van der Waals surface area contributed by atoms with Crippen LogP contribution in [0.5, 0.6) is 0 Å². The Kier molecular flexibility index (Phi) is 7.59. The largest absolute Gasteiger partial charge is 0.462 e. The number of hydrogen-bond acceptors (Lipinski definition) is 7. The first-order valence-corrected chi connectivity index (χ1v) is 14.2. The van der Waals surface area contributed by atoms with Crippen molar-refractivity contribution < 1.29 is 33.6 Å². The zero-order valence-electron chi connectivity index (χ0n) is 23.3. The molecule has 5 aliphatic rings. The van der Waals surface area contributed by atoms with Crippen LogP contribution < -0.4 is 0 Å². The number of allylic oxidation sites excluding steroid dienone is 4. The van der Waals surface area contributed by atoms with E-state index in [0.717, 1.165) is 19.3 Å². The van der Waals surface area contributed by atoms with E-state index in [4.69, 9.17) is 18.9 Å². The lowest BCUT2D eigenvalue weighted by Crippen LogP contribution is -2.57. The zero-order chi connectivity index (χ0) is 27.2. The van der Waals surface area contributed by atoms with E-state index < -0.39 is 35.5 Å². The van der Waals surface area contributed by atoms with Crippen molar-refractivity contribution in [2.45, 2.75) is 109 Å². The first kappa shape index (κ1) is 27.5. The van der Waals surface area contributed by atoms with Gasteiger partial charge in [0.15, 0.2) is 17.7 Å². The second-order valence-electron chi connectivity index (χ2n) is 12.2.